The summed E-state index contributed by atoms with van der Waals surface area (Å²) in [6.45, 7) is 4.32. The molecule has 0 aliphatic rings. The molecule has 0 saturated carbocycles. The van der Waals surface area contributed by atoms with Crippen molar-refractivity contribution in [1.29, 1.82) is 0 Å². The normalized spacial score (nSPS) is 12.3. The van der Waals surface area contributed by atoms with Crippen LogP contribution in [0.3, 0.4) is 0 Å². The zero-order valence-corrected chi connectivity index (χ0v) is 13.4. The average Bonchev–Trinajstić information content (AvgIpc) is 2.44. The number of benzene rings is 1. The molecule has 106 valence electrons. The molecule has 1 aromatic carbocycles. The minimum Gasteiger partial charge on any atom is -0.389 e. The van der Waals surface area contributed by atoms with Crippen LogP contribution in [-0.4, -0.2) is 27.5 Å². The summed E-state index contributed by atoms with van der Waals surface area (Å²) in [6, 6.07) is 10.2. The van der Waals surface area contributed by atoms with Crippen molar-refractivity contribution >= 4 is 45.7 Å². The maximum absolute atomic E-state index is 5.83. The van der Waals surface area contributed by atoms with Crippen molar-refractivity contribution in [1.82, 2.24) is 4.98 Å². The van der Waals surface area contributed by atoms with Crippen molar-refractivity contribution in [2.24, 2.45) is 5.73 Å². The van der Waals surface area contributed by atoms with E-state index in [0.29, 0.717) is 11.0 Å². The molecule has 0 aliphatic carbocycles. The van der Waals surface area contributed by atoms with Crippen molar-refractivity contribution < 1.29 is 0 Å². The highest BCUT2D eigenvalue weighted by molar-refractivity contribution is 7.99. The molecule has 1 aromatic heterocycles. The average molecular weight is 305 g/mol. The maximum atomic E-state index is 5.83. The van der Waals surface area contributed by atoms with E-state index in [9.17, 15) is 0 Å². The SMILES string of the molecule is CCSCC(C)Nc1cc(C(N)=S)c2ccccc2n1. The lowest BCUT2D eigenvalue weighted by molar-refractivity contribution is 0.904. The highest BCUT2D eigenvalue weighted by Gasteiger charge is 2.09. The number of pyridine rings is 1. The second-order valence-electron chi connectivity index (χ2n) is 4.64. The predicted octanol–water partition coefficient (Wildman–Crippen LogP) is 3.42. The van der Waals surface area contributed by atoms with E-state index in [1.165, 1.54) is 0 Å². The summed E-state index contributed by atoms with van der Waals surface area (Å²) in [6.07, 6.45) is 0. The Morgan fingerprint density at radius 2 is 2.20 bits per heavy atom. The molecule has 3 N–H and O–H groups in total. The molecule has 0 amide bonds. The Hall–Kier alpha value is -1.33. The molecule has 20 heavy (non-hydrogen) atoms. The van der Waals surface area contributed by atoms with Crippen molar-refractivity contribution in [3.8, 4) is 0 Å². The molecule has 5 heteroatoms. The van der Waals surface area contributed by atoms with Gasteiger partial charge in [-0.15, -0.1) is 0 Å². The lowest BCUT2D eigenvalue weighted by Gasteiger charge is -2.15. The smallest absolute Gasteiger partial charge is 0.127 e. The van der Waals surface area contributed by atoms with Crippen molar-refractivity contribution in [2.75, 3.05) is 16.8 Å². The minimum atomic E-state index is 0.354. The van der Waals surface area contributed by atoms with Gasteiger partial charge in [-0.25, -0.2) is 4.98 Å². The summed E-state index contributed by atoms with van der Waals surface area (Å²) in [5.74, 6) is 3.00. The van der Waals surface area contributed by atoms with Crippen LogP contribution in [0.2, 0.25) is 0 Å². The molecule has 0 aliphatic heterocycles. The molecule has 1 heterocycles. The van der Waals surface area contributed by atoms with Crippen LogP contribution in [0.1, 0.15) is 19.4 Å². The van der Waals surface area contributed by atoms with E-state index in [1.807, 2.05) is 42.1 Å². The third-order valence-corrected chi connectivity index (χ3v) is 4.31. The number of nitrogens with one attached hydrogen (secondary N) is 1. The Balaban J connectivity index is 2.32. The van der Waals surface area contributed by atoms with Crippen LogP contribution < -0.4 is 11.1 Å². The van der Waals surface area contributed by atoms with Crippen LogP contribution in [-0.2, 0) is 0 Å². The van der Waals surface area contributed by atoms with E-state index < -0.39 is 0 Å². The molecule has 0 radical (unpaired) electrons. The maximum Gasteiger partial charge on any atom is 0.127 e. The Morgan fingerprint density at radius 1 is 1.45 bits per heavy atom. The van der Waals surface area contributed by atoms with Crippen LogP contribution in [0.5, 0.6) is 0 Å². The number of thioether (sulfide) groups is 1. The van der Waals surface area contributed by atoms with Crippen LogP contribution in [0.25, 0.3) is 10.9 Å². The monoisotopic (exact) mass is 305 g/mol. The van der Waals surface area contributed by atoms with Gasteiger partial charge in [-0.3, -0.25) is 0 Å². The summed E-state index contributed by atoms with van der Waals surface area (Å²) in [5, 5.41) is 4.42. The summed E-state index contributed by atoms with van der Waals surface area (Å²) in [4.78, 5) is 5.04. The first-order valence-corrected chi connectivity index (χ1v) is 8.22. The van der Waals surface area contributed by atoms with Crippen molar-refractivity contribution in [3.05, 3.63) is 35.9 Å². The summed E-state index contributed by atoms with van der Waals surface area (Å²) >= 11 is 7.06. The van der Waals surface area contributed by atoms with Gasteiger partial charge in [0.2, 0.25) is 0 Å². The van der Waals surface area contributed by atoms with Gasteiger partial charge in [0.1, 0.15) is 10.8 Å². The lowest BCUT2D eigenvalue weighted by atomic mass is 10.1. The minimum absolute atomic E-state index is 0.354. The number of nitrogens with two attached hydrogens (primary N) is 1. The quantitative estimate of drug-likeness (QED) is 0.801. The first kappa shape index (κ1) is 15.1. The number of fused-ring (bicyclic) bond motifs is 1. The summed E-state index contributed by atoms with van der Waals surface area (Å²) < 4.78 is 0. The third-order valence-electron chi connectivity index (χ3n) is 2.95. The van der Waals surface area contributed by atoms with Crippen LogP contribution in [0.4, 0.5) is 5.82 Å². The number of nitrogens with zero attached hydrogens (tertiary/aromatic N) is 1. The number of rotatable bonds is 6. The molecule has 2 rings (SSSR count). The van der Waals surface area contributed by atoms with Gasteiger partial charge in [-0.1, -0.05) is 37.3 Å². The molecule has 0 spiro atoms. The van der Waals surface area contributed by atoms with E-state index >= 15 is 0 Å². The first-order valence-electron chi connectivity index (χ1n) is 6.65. The fourth-order valence-electron chi connectivity index (χ4n) is 2.04. The molecule has 2 aromatic rings. The van der Waals surface area contributed by atoms with Crippen LogP contribution in [0.15, 0.2) is 30.3 Å². The number of hydrogen-bond acceptors (Lipinski definition) is 4. The van der Waals surface area contributed by atoms with Gasteiger partial charge in [0.25, 0.3) is 0 Å². The molecular formula is C15H19N3S2. The molecule has 0 fully saturated rings. The molecule has 0 saturated heterocycles. The number of thiocarbonyl (C=S) groups is 1. The van der Waals surface area contributed by atoms with Gasteiger partial charge in [-0.2, -0.15) is 11.8 Å². The summed E-state index contributed by atoms with van der Waals surface area (Å²) in [7, 11) is 0. The molecular weight excluding hydrogens is 286 g/mol. The van der Waals surface area contributed by atoms with Gasteiger partial charge >= 0.3 is 0 Å². The van der Waals surface area contributed by atoms with E-state index in [0.717, 1.165) is 33.8 Å². The largest absolute Gasteiger partial charge is 0.389 e. The number of anilines is 1. The first-order chi connectivity index (χ1) is 9.61. The van der Waals surface area contributed by atoms with E-state index in [1.54, 1.807) is 0 Å². The zero-order chi connectivity index (χ0) is 14.5. The van der Waals surface area contributed by atoms with Crippen LogP contribution in [0, 0.1) is 0 Å². The van der Waals surface area contributed by atoms with Gasteiger partial charge in [0.05, 0.1) is 5.52 Å². The van der Waals surface area contributed by atoms with Crippen molar-refractivity contribution in [2.45, 2.75) is 19.9 Å². The van der Waals surface area contributed by atoms with Gasteiger partial charge in [-0.05, 0) is 24.8 Å². The number of para-hydroxylation sites is 1. The lowest BCUT2D eigenvalue weighted by Crippen LogP contribution is -2.20. The highest BCUT2D eigenvalue weighted by Crippen LogP contribution is 2.21. The van der Waals surface area contributed by atoms with Gasteiger partial charge in [0.15, 0.2) is 0 Å². The molecule has 1 unspecified atom stereocenters. The van der Waals surface area contributed by atoms with Gasteiger partial charge in [0, 0.05) is 22.7 Å². The van der Waals surface area contributed by atoms with E-state index in [4.69, 9.17) is 18.0 Å². The van der Waals surface area contributed by atoms with Crippen molar-refractivity contribution in [3.63, 3.8) is 0 Å². The fourth-order valence-corrected chi connectivity index (χ4v) is 2.88. The molecule has 1 atom stereocenters. The fraction of sp³-hybridized carbons (Fsp3) is 0.333. The topological polar surface area (TPSA) is 50.9 Å². The third kappa shape index (κ3) is 3.61. The second kappa shape index (κ2) is 6.90. The Labute approximate surface area is 129 Å². The number of hydrogen-bond donors (Lipinski definition) is 2. The molecule has 3 nitrogen and oxygen atoms in total. The second-order valence-corrected chi connectivity index (χ2v) is 6.40. The van der Waals surface area contributed by atoms with E-state index in [-0.39, 0.29) is 0 Å². The Morgan fingerprint density at radius 3 is 2.90 bits per heavy atom. The standard InChI is InChI=1S/C15H19N3S2/c1-3-20-9-10(2)17-14-8-12(15(16)19)11-6-4-5-7-13(11)18-14/h4-8,10H,3,9H2,1-2H3,(H2,16,19)(H,17,18). The summed E-state index contributed by atoms with van der Waals surface area (Å²) in [5.41, 5.74) is 7.62. The van der Waals surface area contributed by atoms with Gasteiger partial charge < -0.3 is 11.1 Å². The highest BCUT2D eigenvalue weighted by atomic mass is 32.2. The van der Waals surface area contributed by atoms with E-state index in [2.05, 4.69) is 24.1 Å². The number of aromatic nitrogens is 1. The molecule has 0 bridgehead atoms. The Kier molecular flexibility index (Phi) is 5.20. The zero-order valence-electron chi connectivity index (χ0n) is 11.7. The van der Waals surface area contributed by atoms with Crippen LogP contribution >= 0.6 is 24.0 Å². The predicted molar refractivity (Wildman–Crippen MR) is 93.7 cm³/mol. The Bertz CT molecular complexity index is 613.